The van der Waals surface area contributed by atoms with Crippen LogP contribution in [-0.4, -0.2) is 31.0 Å². The number of methoxy groups -OCH3 is 1. The summed E-state index contributed by atoms with van der Waals surface area (Å²) in [6, 6.07) is 21.6. The molecule has 1 unspecified atom stereocenters. The van der Waals surface area contributed by atoms with Gasteiger partial charge in [0.2, 0.25) is 0 Å². The second-order valence-electron chi connectivity index (χ2n) is 7.58. The van der Waals surface area contributed by atoms with Crippen molar-refractivity contribution >= 4 is 6.09 Å². The van der Waals surface area contributed by atoms with Crippen LogP contribution in [0.15, 0.2) is 66.7 Å². The number of carbonyl (C=O) groups excluding carboxylic acids is 1. The molecule has 2 N–H and O–H groups in total. The monoisotopic (exact) mass is 403 g/mol. The summed E-state index contributed by atoms with van der Waals surface area (Å²) in [6.45, 7) is 2.21. The van der Waals surface area contributed by atoms with Gasteiger partial charge >= 0.3 is 6.09 Å². The Morgan fingerprint density at radius 2 is 1.67 bits per heavy atom. The van der Waals surface area contributed by atoms with Gasteiger partial charge in [-0.3, -0.25) is 0 Å². The molecule has 154 valence electrons. The van der Waals surface area contributed by atoms with E-state index in [2.05, 4.69) is 29.6 Å². The molecule has 1 atom stereocenters. The molecular formula is C25H25NO4. The zero-order valence-electron chi connectivity index (χ0n) is 17.1. The van der Waals surface area contributed by atoms with Crippen molar-refractivity contribution in [2.24, 2.45) is 0 Å². The van der Waals surface area contributed by atoms with Gasteiger partial charge < -0.3 is 19.9 Å². The van der Waals surface area contributed by atoms with Gasteiger partial charge in [-0.15, -0.1) is 0 Å². The molecule has 5 nitrogen and oxygen atoms in total. The highest BCUT2D eigenvalue weighted by molar-refractivity contribution is 5.79. The summed E-state index contributed by atoms with van der Waals surface area (Å²) in [5, 5.41) is 12.6. The van der Waals surface area contributed by atoms with Crippen LogP contribution in [-0.2, 0) is 11.2 Å². The number of benzene rings is 3. The average Bonchev–Trinajstić information content (AvgIpc) is 3.07. The molecule has 1 aliphatic rings. The third-order valence-corrected chi connectivity index (χ3v) is 5.49. The average molecular weight is 403 g/mol. The molecule has 1 aliphatic carbocycles. The van der Waals surface area contributed by atoms with E-state index in [9.17, 15) is 9.90 Å². The molecule has 0 radical (unpaired) electrons. The standard InChI is InChI=1S/C25H25NO4/c1-16(13-17-11-12-23(27)24(14-17)29-2)26-25(28)30-15-22-20-9-5-3-7-18(20)19-8-4-6-10-21(19)22/h3-12,14,16,22,27H,13,15H2,1-2H3,(H,26,28). The molecule has 1 amide bonds. The van der Waals surface area contributed by atoms with Gasteiger partial charge in [0.25, 0.3) is 0 Å². The third kappa shape index (κ3) is 3.96. The molecule has 5 heteroatoms. The number of ether oxygens (including phenoxy) is 2. The number of alkyl carbamates (subject to hydrolysis) is 1. The molecule has 4 rings (SSSR count). The molecule has 0 aromatic heterocycles. The summed E-state index contributed by atoms with van der Waals surface area (Å²) in [6.07, 6.45) is 0.163. The normalized spacial score (nSPS) is 13.3. The van der Waals surface area contributed by atoms with Crippen LogP contribution >= 0.6 is 0 Å². The number of rotatable bonds is 6. The lowest BCUT2D eigenvalue weighted by Gasteiger charge is -2.17. The minimum absolute atomic E-state index is 0.0415. The number of nitrogens with one attached hydrogen (secondary N) is 1. The van der Waals surface area contributed by atoms with Crippen LogP contribution in [0.25, 0.3) is 11.1 Å². The lowest BCUT2D eigenvalue weighted by molar-refractivity contribution is 0.139. The van der Waals surface area contributed by atoms with Crippen LogP contribution in [0.3, 0.4) is 0 Å². The molecule has 3 aromatic rings. The predicted molar refractivity (Wildman–Crippen MR) is 116 cm³/mol. The van der Waals surface area contributed by atoms with Crippen molar-refractivity contribution in [1.82, 2.24) is 5.32 Å². The van der Waals surface area contributed by atoms with Gasteiger partial charge in [0.05, 0.1) is 7.11 Å². The van der Waals surface area contributed by atoms with E-state index in [-0.39, 0.29) is 17.7 Å². The van der Waals surface area contributed by atoms with Gasteiger partial charge in [-0.25, -0.2) is 4.79 Å². The van der Waals surface area contributed by atoms with E-state index in [4.69, 9.17) is 9.47 Å². The molecule has 3 aromatic carbocycles. The molecule has 0 bridgehead atoms. The highest BCUT2D eigenvalue weighted by Gasteiger charge is 2.29. The van der Waals surface area contributed by atoms with Gasteiger partial charge in [0.15, 0.2) is 11.5 Å². The first-order valence-electron chi connectivity index (χ1n) is 10.0. The zero-order chi connectivity index (χ0) is 21.1. The quantitative estimate of drug-likeness (QED) is 0.616. The van der Waals surface area contributed by atoms with Crippen molar-refractivity contribution < 1.29 is 19.4 Å². The number of fused-ring (bicyclic) bond motifs is 3. The maximum Gasteiger partial charge on any atom is 0.407 e. The molecule has 0 aliphatic heterocycles. The van der Waals surface area contributed by atoms with Crippen LogP contribution in [0, 0.1) is 0 Å². The topological polar surface area (TPSA) is 67.8 Å². The zero-order valence-corrected chi connectivity index (χ0v) is 17.1. The van der Waals surface area contributed by atoms with E-state index >= 15 is 0 Å². The van der Waals surface area contributed by atoms with Crippen LogP contribution < -0.4 is 10.1 Å². The highest BCUT2D eigenvalue weighted by Crippen LogP contribution is 2.44. The van der Waals surface area contributed by atoms with E-state index < -0.39 is 6.09 Å². The first kappa shape index (κ1) is 19.8. The van der Waals surface area contributed by atoms with Crippen LogP contribution in [0.2, 0.25) is 0 Å². The van der Waals surface area contributed by atoms with Crippen molar-refractivity contribution in [3.63, 3.8) is 0 Å². The molecule has 30 heavy (non-hydrogen) atoms. The van der Waals surface area contributed by atoms with Crippen LogP contribution in [0.4, 0.5) is 4.79 Å². The largest absolute Gasteiger partial charge is 0.504 e. The lowest BCUT2D eigenvalue weighted by Crippen LogP contribution is -2.35. The Morgan fingerprint density at radius 3 is 2.30 bits per heavy atom. The van der Waals surface area contributed by atoms with E-state index in [0.717, 1.165) is 5.56 Å². The van der Waals surface area contributed by atoms with Crippen molar-refractivity contribution in [3.8, 4) is 22.6 Å². The number of hydrogen-bond donors (Lipinski definition) is 2. The fraction of sp³-hybridized carbons (Fsp3) is 0.240. The predicted octanol–water partition coefficient (Wildman–Crippen LogP) is 4.87. The third-order valence-electron chi connectivity index (χ3n) is 5.49. The number of hydrogen-bond acceptors (Lipinski definition) is 4. The van der Waals surface area contributed by atoms with E-state index in [1.54, 1.807) is 12.1 Å². The lowest BCUT2D eigenvalue weighted by atomic mass is 9.98. The summed E-state index contributed by atoms with van der Waals surface area (Å²) in [5.74, 6) is 0.555. The highest BCUT2D eigenvalue weighted by atomic mass is 16.5. The van der Waals surface area contributed by atoms with E-state index in [1.165, 1.54) is 29.4 Å². The Balaban J connectivity index is 1.37. The van der Waals surface area contributed by atoms with E-state index in [0.29, 0.717) is 18.8 Å². The summed E-state index contributed by atoms with van der Waals surface area (Å²) in [7, 11) is 1.51. The summed E-state index contributed by atoms with van der Waals surface area (Å²) >= 11 is 0. The Hall–Kier alpha value is -3.47. The molecule has 0 heterocycles. The van der Waals surface area contributed by atoms with Crippen molar-refractivity contribution in [2.45, 2.75) is 25.3 Å². The number of aromatic hydroxyl groups is 1. The van der Waals surface area contributed by atoms with Gasteiger partial charge in [-0.1, -0.05) is 54.6 Å². The Bertz CT molecular complexity index is 1020. The molecule has 0 spiro atoms. The Labute approximate surface area is 176 Å². The maximum absolute atomic E-state index is 12.4. The number of phenols is 1. The van der Waals surface area contributed by atoms with Gasteiger partial charge in [0, 0.05) is 12.0 Å². The summed E-state index contributed by atoms with van der Waals surface area (Å²) < 4.78 is 10.7. The minimum atomic E-state index is -0.435. The number of carbonyl (C=O) groups is 1. The summed E-state index contributed by atoms with van der Waals surface area (Å²) in [5.41, 5.74) is 5.75. The fourth-order valence-corrected chi connectivity index (χ4v) is 4.09. The van der Waals surface area contributed by atoms with Gasteiger partial charge in [-0.2, -0.15) is 0 Å². The van der Waals surface area contributed by atoms with Crippen molar-refractivity contribution in [3.05, 3.63) is 83.4 Å². The van der Waals surface area contributed by atoms with Crippen LogP contribution in [0.1, 0.15) is 29.5 Å². The molecular weight excluding hydrogens is 378 g/mol. The second-order valence-corrected chi connectivity index (χ2v) is 7.58. The number of amides is 1. The number of phenolic OH excluding ortho intramolecular Hbond substituents is 1. The Kier molecular flexibility index (Phi) is 5.61. The van der Waals surface area contributed by atoms with Crippen LogP contribution in [0.5, 0.6) is 11.5 Å². The second kappa shape index (κ2) is 8.49. The molecule has 0 saturated heterocycles. The SMILES string of the molecule is COc1cc(CC(C)NC(=O)OCC2c3ccccc3-c3ccccc32)ccc1O. The van der Waals surface area contributed by atoms with Gasteiger partial charge in [0.1, 0.15) is 6.61 Å². The Morgan fingerprint density at radius 1 is 1.03 bits per heavy atom. The molecule has 0 saturated carbocycles. The first-order valence-corrected chi connectivity index (χ1v) is 10.0. The van der Waals surface area contributed by atoms with Crippen molar-refractivity contribution in [1.29, 1.82) is 0 Å². The van der Waals surface area contributed by atoms with E-state index in [1.807, 2.05) is 37.3 Å². The molecule has 0 fully saturated rings. The van der Waals surface area contributed by atoms with Gasteiger partial charge in [-0.05, 0) is 53.3 Å². The fourth-order valence-electron chi connectivity index (χ4n) is 4.09. The summed E-state index contributed by atoms with van der Waals surface area (Å²) in [4.78, 5) is 12.4. The first-order chi connectivity index (χ1) is 14.6. The maximum atomic E-state index is 12.4. The smallest absolute Gasteiger partial charge is 0.407 e. The minimum Gasteiger partial charge on any atom is -0.504 e. The van der Waals surface area contributed by atoms with Crippen molar-refractivity contribution in [2.75, 3.05) is 13.7 Å².